The van der Waals surface area contributed by atoms with Crippen LogP contribution >= 0.6 is 11.6 Å². The highest BCUT2D eigenvalue weighted by molar-refractivity contribution is 6.31. The van der Waals surface area contributed by atoms with Crippen LogP contribution in [0.15, 0.2) is 84.5 Å². The monoisotopic (exact) mass is 470 g/mol. The van der Waals surface area contributed by atoms with E-state index in [2.05, 4.69) is 22.9 Å². The lowest BCUT2D eigenvalue weighted by Gasteiger charge is -2.22. The van der Waals surface area contributed by atoms with Gasteiger partial charge in [-0.05, 0) is 53.6 Å². The summed E-state index contributed by atoms with van der Waals surface area (Å²) in [6.07, 6.45) is 8.61. The predicted octanol–water partition coefficient (Wildman–Crippen LogP) is 5.76. The Hall–Kier alpha value is -4.34. The molecule has 3 aromatic carbocycles. The number of imide groups is 1. The Morgan fingerprint density at radius 2 is 1.76 bits per heavy atom. The van der Waals surface area contributed by atoms with Gasteiger partial charge in [0.25, 0.3) is 5.91 Å². The van der Waals surface area contributed by atoms with Crippen molar-refractivity contribution in [3.8, 4) is 12.3 Å². The Kier molecular flexibility index (Phi) is 8.22. The van der Waals surface area contributed by atoms with Crippen molar-refractivity contribution in [2.24, 2.45) is 5.10 Å². The summed E-state index contributed by atoms with van der Waals surface area (Å²) in [5.74, 6) is 2.00. The lowest BCUT2D eigenvalue weighted by molar-refractivity contribution is 0.0995. The van der Waals surface area contributed by atoms with E-state index >= 15 is 0 Å². The van der Waals surface area contributed by atoms with E-state index in [9.17, 15) is 9.59 Å². The molecule has 0 aromatic heterocycles. The van der Waals surface area contributed by atoms with Gasteiger partial charge in [0.1, 0.15) is 0 Å². The normalized spacial score (nSPS) is 10.4. The van der Waals surface area contributed by atoms with Gasteiger partial charge in [-0.1, -0.05) is 60.5 Å². The average molecular weight is 471 g/mol. The van der Waals surface area contributed by atoms with Gasteiger partial charge in [-0.25, -0.2) is 9.69 Å². The minimum Gasteiger partial charge on any atom is -0.307 e. The third-order valence-corrected chi connectivity index (χ3v) is 4.99. The van der Waals surface area contributed by atoms with E-state index in [1.165, 1.54) is 6.07 Å². The molecule has 0 spiro atoms. The van der Waals surface area contributed by atoms with Crippen LogP contribution in [0.5, 0.6) is 0 Å². The molecule has 0 aliphatic rings. The molecule has 6 nitrogen and oxygen atoms in total. The molecule has 0 heterocycles. The van der Waals surface area contributed by atoms with Crippen LogP contribution in [0.25, 0.3) is 6.08 Å². The lowest BCUT2D eigenvalue weighted by atomic mass is 10.1. The smallest absolute Gasteiger partial charge is 0.307 e. The maximum atomic E-state index is 13.3. The second-order valence-electron chi connectivity index (χ2n) is 7.26. The van der Waals surface area contributed by atoms with E-state index in [-0.39, 0.29) is 5.56 Å². The van der Waals surface area contributed by atoms with Crippen molar-refractivity contribution >= 4 is 47.2 Å². The number of hydrogen-bond donors (Lipinski definition) is 1. The molecule has 7 heteroatoms. The third kappa shape index (κ3) is 6.35. The number of urea groups is 1. The molecule has 3 rings (SSSR count). The van der Waals surface area contributed by atoms with Gasteiger partial charge in [-0.3, -0.25) is 9.80 Å². The van der Waals surface area contributed by atoms with E-state index < -0.39 is 11.9 Å². The van der Waals surface area contributed by atoms with Gasteiger partial charge in [0, 0.05) is 23.3 Å². The number of nitrogens with zero attached hydrogens (tertiary/aromatic N) is 3. The molecule has 0 saturated carbocycles. The van der Waals surface area contributed by atoms with Gasteiger partial charge in [-0.2, -0.15) is 5.10 Å². The third-order valence-electron chi connectivity index (χ3n) is 4.75. The van der Waals surface area contributed by atoms with Crippen LogP contribution in [0, 0.1) is 12.3 Å². The molecule has 170 valence electrons. The van der Waals surface area contributed by atoms with Gasteiger partial charge in [0.05, 0.1) is 18.4 Å². The minimum absolute atomic E-state index is 0.290. The first-order valence-electron chi connectivity index (χ1n) is 10.3. The Labute approximate surface area is 204 Å². The van der Waals surface area contributed by atoms with Crippen molar-refractivity contribution < 1.29 is 9.59 Å². The quantitative estimate of drug-likeness (QED) is 0.271. The topological polar surface area (TPSA) is 65.0 Å². The van der Waals surface area contributed by atoms with Crippen LogP contribution < -0.4 is 10.2 Å². The maximum absolute atomic E-state index is 13.3. The fourth-order valence-corrected chi connectivity index (χ4v) is 3.20. The Morgan fingerprint density at radius 3 is 2.38 bits per heavy atom. The number of carbonyl (C=O) groups excluding carboxylic acids is 2. The highest BCUT2D eigenvalue weighted by Crippen LogP contribution is 2.22. The molecule has 0 aliphatic heterocycles. The molecule has 0 fully saturated rings. The number of rotatable bonds is 7. The number of carbonyl (C=O) groups is 2. The van der Waals surface area contributed by atoms with Crippen LogP contribution in [-0.4, -0.2) is 36.8 Å². The van der Waals surface area contributed by atoms with E-state index in [4.69, 9.17) is 18.0 Å². The van der Waals surface area contributed by atoms with E-state index in [1.807, 2.05) is 0 Å². The lowest BCUT2D eigenvalue weighted by Crippen LogP contribution is -2.40. The zero-order chi connectivity index (χ0) is 24.5. The molecular formula is C27H23ClN4O2. The van der Waals surface area contributed by atoms with Gasteiger partial charge in [-0.15, -0.1) is 6.42 Å². The number of anilines is 2. The number of amides is 3. The zero-order valence-electron chi connectivity index (χ0n) is 18.6. The van der Waals surface area contributed by atoms with Crippen LogP contribution in [0.1, 0.15) is 21.5 Å². The molecule has 1 N–H and O–H groups in total. The van der Waals surface area contributed by atoms with Crippen molar-refractivity contribution in [3.05, 3.63) is 101 Å². The van der Waals surface area contributed by atoms with Gasteiger partial charge >= 0.3 is 6.03 Å². The van der Waals surface area contributed by atoms with Crippen LogP contribution in [0.3, 0.4) is 0 Å². The summed E-state index contributed by atoms with van der Waals surface area (Å²) in [7, 11) is 1.78. The maximum Gasteiger partial charge on any atom is 0.333 e. The van der Waals surface area contributed by atoms with Crippen LogP contribution in [0.2, 0.25) is 5.02 Å². The number of terminal acetylenes is 1. The molecule has 0 aliphatic carbocycles. The van der Waals surface area contributed by atoms with Crippen molar-refractivity contribution in [2.45, 2.75) is 0 Å². The summed E-state index contributed by atoms with van der Waals surface area (Å²) in [6, 6.07) is 19.8. The summed E-state index contributed by atoms with van der Waals surface area (Å²) in [6.45, 7) is 4.13. The molecule has 3 aromatic rings. The highest BCUT2D eigenvalue weighted by atomic mass is 35.5. The molecule has 0 radical (unpaired) electrons. The summed E-state index contributed by atoms with van der Waals surface area (Å²) < 4.78 is 0. The first-order valence-corrected chi connectivity index (χ1v) is 10.7. The summed E-state index contributed by atoms with van der Waals surface area (Å²) in [5, 5.41) is 9.04. The van der Waals surface area contributed by atoms with E-state index in [0.29, 0.717) is 22.9 Å². The molecule has 0 saturated heterocycles. The van der Waals surface area contributed by atoms with Gasteiger partial charge in [0.2, 0.25) is 0 Å². The first kappa shape index (κ1) is 24.3. The van der Waals surface area contributed by atoms with E-state index in [1.54, 1.807) is 91.1 Å². The summed E-state index contributed by atoms with van der Waals surface area (Å²) in [4.78, 5) is 27.6. The van der Waals surface area contributed by atoms with Crippen molar-refractivity contribution in [1.29, 1.82) is 0 Å². The average Bonchev–Trinajstić information content (AvgIpc) is 2.84. The molecule has 0 bridgehead atoms. The SMILES string of the molecule is C#CCN(C)N=Cc1ccc(NC(=O)N(C(=O)c2cccc(Cl)c2)c2ccc(C=C)cc2)cc1. The number of hydrogen-bond acceptors (Lipinski definition) is 4. The molecule has 0 atom stereocenters. The van der Waals surface area contributed by atoms with Crippen molar-refractivity contribution in [2.75, 3.05) is 23.8 Å². The number of halogens is 1. The van der Waals surface area contributed by atoms with Crippen LogP contribution in [0.4, 0.5) is 16.2 Å². The number of benzene rings is 3. The van der Waals surface area contributed by atoms with Gasteiger partial charge in [0.15, 0.2) is 0 Å². The van der Waals surface area contributed by atoms with E-state index in [0.717, 1.165) is 16.0 Å². The second kappa shape index (κ2) is 11.5. The van der Waals surface area contributed by atoms with Crippen LogP contribution in [-0.2, 0) is 0 Å². The van der Waals surface area contributed by atoms with Crippen molar-refractivity contribution in [3.63, 3.8) is 0 Å². The molecule has 34 heavy (non-hydrogen) atoms. The zero-order valence-corrected chi connectivity index (χ0v) is 19.4. The van der Waals surface area contributed by atoms with Crippen molar-refractivity contribution in [1.82, 2.24) is 5.01 Å². The minimum atomic E-state index is -0.605. The van der Waals surface area contributed by atoms with Gasteiger partial charge < -0.3 is 5.32 Å². The largest absolute Gasteiger partial charge is 0.333 e. The summed E-state index contributed by atoms with van der Waals surface area (Å²) in [5.41, 5.74) is 2.91. The molecule has 3 amide bonds. The molecular weight excluding hydrogens is 448 g/mol. The summed E-state index contributed by atoms with van der Waals surface area (Å²) >= 11 is 6.06. The fourth-order valence-electron chi connectivity index (χ4n) is 3.01. The second-order valence-corrected chi connectivity index (χ2v) is 7.70. The Bertz CT molecular complexity index is 1240. The molecule has 0 unspecified atom stereocenters. The fraction of sp³-hybridized carbons (Fsp3) is 0.0741. The Balaban J connectivity index is 1.84. The first-order chi connectivity index (χ1) is 16.4. The Morgan fingerprint density at radius 1 is 1.09 bits per heavy atom. The predicted molar refractivity (Wildman–Crippen MR) is 139 cm³/mol. The number of nitrogens with one attached hydrogen (secondary N) is 1. The number of hydrazone groups is 1. The highest BCUT2D eigenvalue weighted by Gasteiger charge is 2.25. The standard InChI is InChI=1S/C27H23ClN4O2/c1-4-17-31(3)29-19-21-9-13-24(14-10-21)30-27(34)32(25-15-11-20(5-2)12-16-25)26(33)22-7-6-8-23(28)18-22/h1,5-16,18-19H,2,17H2,3H3,(H,30,34).